The van der Waals surface area contributed by atoms with E-state index in [4.69, 9.17) is 9.47 Å². The minimum atomic E-state index is -0.129. The van der Waals surface area contributed by atoms with Crippen molar-refractivity contribution in [2.45, 2.75) is 13.5 Å². The van der Waals surface area contributed by atoms with Crippen molar-refractivity contribution in [3.63, 3.8) is 0 Å². The number of rotatable bonds is 7. The van der Waals surface area contributed by atoms with Gasteiger partial charge in [-0.05, 0) is 65.5 Å². The maximum absolute atomic E-state index is 12.5. The molecule has 4 nitrogen and oxygen atoms in total. The number of nitrogens with one attached hydrogen (secondary N) is 1. The van der Waals surface area contributed by atoms with Crippen LogP contribution in [0.25, 0.3) is 10.8 Å². The summed E-state index contributed by atoms with van der Waals surface area (Å²) in [5.74, 6) is 1.47. The highest BCUT2D eigenvalue weighted by atomic mass is 32.1. The first kappa shape index (κ1) is 19.0. The van der Waals surface area contributed by atoms with Gasteiger partial charge in [-0.15, -0.1) is 11.3 Å². The van der Waals surface area contributed by atoms with E-state index in [2.05, 4.69) is 17.4 Å². The molecule has 0 unspecified atom stereocenters. The standard InChI is InChI=1S/C24H21NO3S/c1-2-27-21-11-8-20(9-12-21)25-24(26)23-13-17(16-29-23)15-28-22-10-7-18-5-3-4-6-19(18)14-22/h3-14,16H,2,15H2,1H3,(H,25,26). The van der Waals surface area contributed by atoms with Crippen LogP contribution in [0.5, 0.6) is 11.5 Å². The topological polar surface area (TPSA) is 47.6 Å². The summed E-state index contributed by atoms with van der Waals surface area (Å²) in [5, 5.41) is 7.19. The van der Waals surface area contributed by atoms with Crippen LogP contribution in [0.2, 0.25) is 0 Å². The predicted molar refractivity (Wildman–Crippen MR) is 118 cm³/mol. The zero-order valence-corrected chi connectivity index (χ0v) is 16.9. The first-order valence-electron chi connectivity index (χ1n) is 9.44. The van der Waals surface area contributed by atoms with Crippen LogP contribution in [0.15, 0.2) is 78.2 Å². The number of anilines is 1. The lowest BCUT2D eigenvalue weighted by atomic mass is 10.1. The predicted octanol–water partition coefficient (Wildman–Crippen LogP) is 6.13. The molecule has 0 radical (unpaired) electrons. The molecule has 0 spiro atoms. The molecule has 29 heavy (non-hydrogen) atoms. The van der Waals surface area contributed by atoms with Crippen molar-refractivity contribution in [2.75, 3.05) is 11.9 Å². The smallest absolute Gasteiger partial charge is 0.265 e. The number of amides is 1. The lowest BCUT2D eigenvalue weighted by Gasteiger charge is -2.07. The molecule has 0 aliphatic heterocycles. The molecular weight excluding hydrogens is 382 g/mol. The fourth-order valence-electron chi connectivity index (χ4n) is 2.99. The van der Waals surface area contributed by atoms with Crippen LogP contribution in [0, 0.1) is 0 Å². The van der Waals surface area contributed by atoms with Crippen LogP contribution in [0.3, 0.4) is 0 Å². The van der Waals surface area contributed by atoms with E-state index >= 15 is 0 Å². The van der Waals surface area contributed by atoms with Crippen molar-refractivity contribution >= 4 is 33.7 Å². The molecule has 0 atom stereocenters. The maximum Gasteiger partial charge on any atom is 0.265 e. The third-order valence-corrected chi connectivity index (χ3v) is 5.40. The quantitative estimate of drug-likeness (QED) is 0.404. The Morgan fingerprint density at radius 1 is 0.897 bits per heavy atom. The average molecular weight is 404 g/mol. The van der Waals surface area contributed by atoms with Crippen LogP contribution >= 0.6 is 11.3 Å². The van der Waals surface area contributed by atoms with Gasteiger partial charge in [-0.3, -0.25) is 4.79 Å². The Labute approximate surface area is 173 Å². The molecule has 1 aromatic heterocycles. The zero-order chi connectivity index (χ0) is 20.1. The number of carbonyl (C=O) groups excluding carboxylic acids is 1. The van der Waals surface area contributed by atoms with Gasteiger partial charge in [-0.2, -0.15) is 0 Å². The Kier molecular flexibility index (Phi) is 5.77. The molecule has 0 saturated carbocycles. The molecule has 0 fully saturated rings. The molecule has 0 aliphatic carbocycles. The normalized spacial score (nSPS) is 10.7. The lowest BCUT2D eigenvalue weighted by Crippen LogP contribution is -2.10. The second-order valence-electron chi connectivity index (χ2n) is 6.53. The van der Waals surface area contributed by atoms with E-state index in [1.807, 2.05) is 73.0 Å². The Morgan fingerprint density at radius 2 is 1.66 bits per heavy atom. The second-order valence-corrected chi connectivity index (χ2v) is 7.44. The first-order chi connectivity index (χ1) is 14.2. The van der Waals surface area contributed by atoms with E-state index in [1.165, 1.54) is 16.7 Å². The number of hydrogen-bond donors (Lipinski definition) is 1. The summed E-state index contributed by atoms with van der Waals surface area (Å²) in [7, 11) is 0. The van der Waals surface area contributed by atoms with Gasteiger partial charge in [0.25, 0.3) is 5.91 Å². The molecular formula is C24H21NO3S. The van der Waals surface area contributed by atoms with Crippen molar-refractivity contribution in [1.29, 1.82) is 0 Å². The van der Waals surface area contributed by atoms with Crippen LogP contribution in [-0.2, 0) is 6.61 Å². The monoisotopic (exact) mass is 403 g/mol. The second kappa shape index (κ2) is 8.80. The highest BCUT2D eigenvalue weighted by molar-refractivity contribution is 7.12. The summed E-state index contributed by atoms with van der Waals surface area (Å²) >= 11 is 1.41. The third-order valence-electron chi connectivity index (χ3n) is 4.43. The number of ether oxygens (including phenoxy) is 2. The van der Waals surface area contributed by atoms with Crippen molar-refractivity contribution in [2.24, 2.45) is 0 Å². The maximum atomic E-state index is 12.5. The van der Waals surface area contributed by atoms with Crippen LogP contribution in [0.4, 0.5) is 5.69 Å². The fourth-order valence-corrected chi connectivity index (χ4v) is 3.78. The van der Waals surface area contributed by atoms with Gasteiger partial charge in [0.05, 0.1) is 11.5 Å². The molecule has 146 valence electrons. The molecule has 4 rings (SSSR count). The third kappa shape index (κ3) is 4.76. The molecule has 1 amide bonds. The summed E-state index contributed by atoms with van der Waals surface area (Å²) in [6.07, 6.45) is 0. The van der Waals surface area contributed by atoms with Gasteiger partial charge in [0.15, 0.2) is 0 Å². The van der Waals surface area contributed by atoms with Crippen LogP contribution in [-0.4, -0.2) is 12.5 Å². The number of hydrogen-bond acceptors (Lipinski definition) is 4. The molecule has 4 aromatic rings. The molecule has 0 aliphatic rings. The van der Waals surface area contributed by atoms with Crippen LogP contribution in [0.1, 0.15) is 22.2 Å². The zero-order valence-electron chi connectivity index (χ0n) is 16.1. The summed E-state index contributed by atoms with van der Waals surface area (Å²) in [4.78, 5) is 13.1. The van der Waals surface area contributed by atoms with Gasteiger partial charge in [0, 0.05) is 11.3 Å². The molecule has 1 heterocycles. The van der Waals surface area contributed by atoms with E-state index < -0.39 is 0 Å². The molecule has 5 heteroatoms. The van der Waals surface area contributed by atoms with Crippen molar-refractivity contribution in [3.05, 3.63) is 88.6 Å². The highest BCUT2D eigenvalue weighted by Crippen LogP contribution is 2.23. The highest BCUT2D eigenvalue weighted by Gasteiger charge is 2.10. The molecule has 0 saturated heterocycles. The number of fused-ring (bicyclic) bond motifs is 1. The van der Waals surface area contributed by atoms with Gasteiger partial charge >= 0.3 is 0 Å². The van der Waals surface area contributed by atoms with Crippen molar-refractivity contribution in [1.82, 2.24) is 0 Å². The summed E-state index contributed by atoms with van der Waals surface area (Å²) in [6.45, 7) is 2.98. The van der Waals surface area contributed by atoms with Gasteiger partial charge in [0.1, 0.15) is 18.1 Å². The van der Waals surface area contributed by atoms with E-state index in [1.54, 1.807) is 0 Å². The van der Waals surface area contributed by atoms with Gasteiger partial charge < -0.3 is 14.8 Å². The first-order valence-corrected chi connectivity index (χ1v) is 10.3. The minimum absolute atomic E-state index is 0.129. The van der Waals surface area contributed by atoms with E-state index in [9.17, 15) is 4.79 Å². The van der Waals surface area contributed by atoms with E-state index in [0.29, 0.717) is 18.1 Å². The molecule has 1 N–H and O–H groups in total. The minimum Gasteiger partial charge on any atom is -0.494 e. The van der Waals surface area contributed by atoms with Crippen molar-refractivity contribution in [3.8, 4) is 11.5 Å². The summed E-state index contributed by atoms with van der Waals surface area (Å²) in [6, 6.07) is 23.4. The number of carbonyl (C=O) groups is 1. The number of thiophene rings is 1. The fraction of sp³-hybridized carbons (Fsp3) is 0.125. The molecule has 3 aromatic carbocycles. The Hall–Kier alpha value is -3.31. The Morgan fingerprint density at radius 3 is 2.45 bits per heavy atom. The Balaban J connectivity index is 1.36. The SMILES string of the molecule is CCOc1ccc(NC(=O)c2cc(COc3ccc4ccccc4c3)cs2)cc1. The van der Waals surface area contributed by atoms with Gasteiger partial charge in [0.2, 0.25) is 0 Å². The average Bonchev–Trinajstić information content (AvgIpc) is 3.23. The van der Waals surface area contributed by atoms with Crippen molar-refractivity contribution < 1.29 is 14.3 Å². The van der Waals surface area contributed by atoms with Gasteiger partial charge in [-0.25, -0.2) is 0 Å². The van der Waals surface area contributed by atoms with E-state index in [-0.39, 0.29) is 5.91 Å². The summed E-state index contributed by atoms with van der Waals surface area (Å²) in [5.41, 5.74) is 1.71. The largest absolute Gasteiger partial charge is 0.494 e. The Bertz CT molecular complexity index is 1120. The number of benzene rings is 3. The lowest BCUT2D eigenvalue weighted by molar-refractivity contribution is 0.103. The van der Waals surface area contributed by atoms with Gasteiger partial charge in [-0.1, -0.05) is 30.3 Å². The molecule has 0 bridgehead atoms. The van der Waals surface area contributed by atoms with Crippen LogP contribution < -0.4 is 14.8 Å². The van der Waals surface area contributed by atoms with E-state index in [0.717, 1.165) is 28.1 Å². The summed E-state index contributed by atoms with van der Waals surface area (Å²) < 4.78 is 11.3.